The van der Waals surface area contributed by atoms with Crippen molar-refractivity contribution in [1.29, 1.82) is 0 Å². The van der Waals surface area contributed by atoms with Crippen LogP contribution >= 0.6 is 0 Å². The maximum Gasteiger partial charge on any atom is 0.275 e. The predicted octanol–water partition coefficient (Wildman–Crippen LogP) is 3.55. The van der Waals surface area contributed by atoms with E-state index in [1.807, 2.05) is 40.9 Å². The van der Waals surface area contributed by atoms with E-state index in [2.05, 4.69) is 32.3 Å². The van der Waals surface area contributed by atoms with Crippen LogP contribution in [0, 0.1) is 12.8 Å². The van der Waals surface area contributed by atoms with Crippen LogP contribution in [-0.4, -0.2) is 68.0 Å². The third kappa shape index (κ3) is 5.46. The van der Waals surface area contributed by atoms with Crippen molar-refractivity contribution in [2.45, 2.75) is 45.2 Å². The number of hydrogen-bond donors (Lipinski definition) is 1. The van der Waals surface area contributed by atoms with E-state index in [0.717, 1.165) is 56.6 Å². The molecule has 3 aromatic rings. The molecule has 5 rings (SSSR count). The van der Waals surface area contributed by atoms with E-state index < -0.39 is 0 Å². The highest BCUT2D eigenvalue weighted by Crippen LogP contribution is 2.32. The van der Waals surface area contributed by atoms with Gasteiger partial charge in [0, 0.05) is 25.5 Å². The van der Waals surface area contributed by atoms with Crippen LogP contribution in [0.5, 0.6) is 0 Å². The lowest BCUT2D eigenvalue weighted by atomic mass is 9.97. The lowest BCUT2D eigenvalue weighted by Crippen LogP contribution is -2.32. The Bertz CT molecular complexity index is 1210. The molecule has 2 saturated heterocycles. The Kier molecular flexibility index (Phi) is 7.09. The van der Waals surface area contributed by atoms with Crippen LogP contribution in [0.15, 0.2) is 48.9 Å². The molecule has 2 aliphatic rings. The predicted molar refractivity (Wildman–Crippen MR) is 137 cm³/mol. The topological polar surface area (TPSA) is 96.2 Å². The number of likely N-dealkylation sites (tertiary alicyclic amines) is 2. The average molecular weight is 488 g/mol. The first-order valence-corrected chi connectivity index (χ1v) is 12.7. The zero-order valence-electron chi connectivity index (χ0n) is 20.9. The van der Waals surface area contributed by atoms with Gasteiger partial charge >= 0.3 is 0 Å². The van der Waals surface area contributed by atoms with E-state index in [4.69, 9.17) is 0 Å². The van der Waals surface area contributed by atoms with Crippen LogP contribution in [0.3, 0.4) is 0 Å². The average Bonchev–Trinajstić information content (AvgIpc) is 3.57. The highest BCUT2D eigenvalue weighted by molar-refractivity contribution is 6.02. The van der Waals surface area contributed by atoms with E-state index in [1.165, 1.54) is 0 Å². The summed E-state index contributed by atoms with van der Waals surface area (Å²) < 4.78 is 1.91. The summed E-state index contributed by atoms with van der Waals surface area (Å²) in [6.07, 6.45) is 9.28. The Labute approximate surface area is 211 Å². The highest BCUT2D eigenvalue weighted by Gasteiger charge is 2.32. The molecule has 0 bridgehead atoms. The van der Waals surface area contributed by atoms with E-state index in [-0.39, 0.29) is 17.9 Å². The first-order valence-electron chi connectivity index (χ1n) is 12.7. The summed E-state index contributed by atoms with van der Waals surface area (Å²) in [4.78, 5) is 39.3. The standard InChI is InChI=1S/C27H33N7O2/c1-19-8-9-25(28-15-19)31-26(35)23-6-3-5-22(30-23)24-7-4-12-34(24)27(36)21-16-29-33(18-21)17-20-10-13-32(2)14-11-20/h3,5-6,8-9,15-16,18,20,24H,4,7,10-14,17H2,1-2H3,(H,28,31,35)/t24-/m1/s1. The summed E-state index contributed by atoms with van der Waals surface area (Å²) in [5.41, 5.74) is 2.66. The zero-order chi connectivity index (χ0) is 25.1. The molecule has 2 amide bonds. The van der Waals surface area contributed by atoms with Gasteiger partial charge in [0.2, 0.25) is 0 Å². The number of nitrogens with zero attached hydrogens (tertiary/aromatic N) is 6. The normalized spacial score (nSPS) is 18.9. The van der Waals surface area contributed by atoms with Gasteiger partial charge in [0.15, 0.2) is 0 Å². The van der Waals surface area contributed by atoms with Crippen LogP contribution in [0.4, 0.5) is 5.82 Å². The third-order valence-electron chi connectivity index (χ3n) is 7.17. The summed E-state index contributed by atoms with van der Waals surface area (Å²) in [6, 6.07) is 8.88. The van der Waals surface area contributed by atoms with Gasteiger partial charge in [-0.15, -0.1) is 0 Å². The number of carbonyl (C=O) groups is 2. The van der Waals surface area contributed by atoms with Gasteiger partial charge < -0.3 is 15.1 Å². The van der Waals surface area contributed by atoms with Crippen LogP contribution in [0.25, 0.3) is 0 Å². The number of anilines is 1. The molecule has 0 aliphatic carbocycles. The van der Waals surface area contributed by atoms with E-state index in [1.54, 1.807) is 24.5 Å². The van der Waals surface area contributed by atoms with Gasteiger partial charge in [0.25, 0.3) is 11.8 Å². The number of piperidine rings is 1. The maximum absolute atomic E-state index is 13.4. The van der Waals surface area contributed by atoms with Crippen molar-refractivity contribution in [3.63, 3.8) is 0 Å². The monoisotopic (exact) mass is 487 g/mol. The molecule has 1 atom stereocenters. The molecule has 9 nitrogen and oxygen atoms in total. The second kappa shape index (κ2) is 10.6. The quantitative estimate of drug-likeness (QED) is 0.571. The summed E-state index contributed by atoms with van der Waals surface area (Å²) >= 11 is 0. The number of aromatic nitrogens is 4. The van der Waals surface area contributed by atoms with Crippen LogP contribution in [0.2, 0.25) is 0 Å². The third-order valence-corrected chi connectivity index (χ3v) is 7.17. The van der Waals surface area contributed by atoms with Crippen molar-refractivity contribution in [3.05, 3.63) is 71.4 Å². The van der Waals surface area contributed by atoms with Gasteiger partial charge in [-0.1, -0.05) is 12.1 Å². The number of carbonyl (C=O) groups excluding carboxylic acids is 2. The highest BCUT2D eigenvalue weighted by atomic mass is 16.2. The molecule has 0 saturated carbocycles. The molecule has 9 heteroatoms. The first-order chi connectivity index (χ1) is 17.5. The molecule has 36 heavy (non-hydrogen) atoms. The van der Waals surface area contributed by atoms with Gasteiger partial charge in [-0.05, 0) is 82.4 Å². The molecule has 0 radical (unpaired) electrons. The smallest absolute Gasteiger partial charge is 0.275 e. The summed E-state index contributed by atoms with van der Waals surface area (Å²) in [7, 11) is 2.16. The van der Waals surface area contributed by atoms with Crippen molar-refractivity contribution in [3.8, 4) is 0 Å². The molecule has 5 heterocycles. The lowest BCUT2D eigenvalue weighted by Gasteiger charge is -2.28. The number of aryl methyl sites for hydroxylation is 1. The Hall–Kier alpha value is -3.59. The Morgan fingerprint density at radius 2 is 1.89 bits per heavy atom. The van der Waals surface area contributed by atoms with Gasteiger partial charge in [0.1, 0.15) is 11.5 Å². The number of rotatable bonds is 6. The molecule has 2 aliphatic heterocycles. The molecule has 0 spiro atoms. The maximum atomic E-state index is 13.4. The fourth-order valence-corrected chi connectivity index (χ4v) is 5.05. The number of pyridine rings is 2. The van der Waals surface area contributed by atoms with Gasteiger partial charge in [0.05, 0.1) is 23.5 Å². The minimum atomic E-state index is -0.320. The molecule has 1 N–H and O–H groups in total. The van der Waals surface area contributed by atoms with Gasteiger partial charge in [-0.2, -0.15) is 5.10 Å². The fourth-order valence-electron chi connectivity index (χ4n) is 5.05. The van der Waals surface area contributed by atoms with Crippen molar-refractivity contribution >= 4 is 17.6 Å². The minimum absolute atomic E-state index is 0.0346. The van der Waals surface area contributed by atoms with E-state index in [0.29, 0.717) is 29.5 Å². The van der Waals surface area contributed by atoms with Crippen LogP contribution in [0.1, 0.15) is 63.8 Å². The zero-order valence-corrected chi connectivity index (χ0v) is 20.9. The van der Waals surface area contributed by atoms with Crippen LogP contribution in [-0.2, 0) is 6.54 Å². The molecule has 2 fully saturated rings. The van der Waals surface area contributed by atoms with Crippen molar-refractivity contribution < 1.29 is 9.59 Å². The van der Waals surface area contributed by atoms with Crippen molar-refractivity contribution in [2.24, 2.45) is 5.92 Å². The van der Waals surface area contributed by atoms with Crippen molar-refractivity contribution in [2.75, 3.05) is 32.0 Å². The van der Waals surface area contributed by atoms with Gasteiger partial charge in [-0.3, -0.25) is 14.3 Å². The summed E-state index contributed by atoms with van der Waals surface area (Å²) in [6.45, 7) is 5.67. The minimum Gasteiger partial charge on any atom is -0.330 e. The summed E-state index contributed by atoms with van der Waals surface area (Å²) in [5, 5.41) is 7.28. The molecule has 188 valence electrons. The van der Waals surface area contributed by atoms with E-state index in [9.17, 15) is 9.59 Å². The number of amides is 2. The lowest BCUT2D eigenvalue weighted by molar-refractivity contribution is 0.0732. The second-order valence-corrected chi connectivity index (χ2v) is 9.98. The first kappa shape index (κ1) is 24.1. The Balaban J connectivity index is 1.26. The largest absolute Gasteiger partial charge is 0.330 e. The van der Waals surface area contributed by atoms with Gasteiger partial charge in [-0.25, -0.2) is 9.97 Å². The molecular weight excluding hydrogens is 454 g/mol. The van der Waals surface area contributed by atoms with Crippen molar-refractivity contribution in [1.82, 2.24) is 29.5 Å². The molecule has 0 unspecified atom stereocenters. The molecule has 0 aromatic carbocycles. The SMILES string of the molecule is Cc1ccc(NC(=O)c2cccc([C@H]3CCCN3C(=O)c3cnn(CC4CCN(C)CC4)c3)n2)nc1. The summed E-state index contributed by atoms with van der Waals surface area (Å²) in [5.74, 6) is 0.719. The fraction of sp³-hybridized carbons (Fsp3) is 0.444. The molecular formula is C27H33N7O2. The number of nitrogens with one attached hydrogen (secondary N) is 1. The van der Waals surface area contributed by atoms with Crippen LogP contribution < -0.4 is 5.32 Å². The molecule has 3 aromatic heterocycles. The van der Waals surface area contributed by atoms with E-state index >= 15 is 0 Å². The Morgan fingerprint density at radius 3 is 2.67 bits per heavy atom. The number of hydrogen-bond acceptors (Lipinski definition) is 6. The second-order valence-electron chi connectivity index (χ2n) is 9.98. The Morgan fingerprint density at radius 1 is 1.06 bits per heavy atom.